The van der Waals surface area contributed by atoms with Crippen molar-refractivity contribution in [2.75, 3.05) is 18.5 Å². The molecule has 0 aliphatic heterocycles. The number of likely N-dealkylation sites (N-methyl/N-ethyl adjacent to an activating group) is 1. The Hall–Kier alpha value is -3.08. The van der Waals surface area contributed by atoms with Crippen molar-refractivity contribution in [3.8, 4) is 11.1 Å². The van der Waals surface area contributed by atoms with Crippen molar-refractivity contribution in [1.29, 1.82) is 0 Å². The van der Waals surface area contributed by atoms with Crippen LogP contribution in [0.4, 0.5) is 5.69 Å². The summed E-state index contributed by atoms with van der Waals surface area (Å²) in [4.78, 5) is 27.9. The summed E-state index contributed by atoms with van der Waals surface area (Å²) >= 11 is 0. The second-order valence-corrected chi connectivity index (χ2v) is 5.90. The number of hydrogen-bond donors (Lipinski definition) is 2. The molecular formula is C19H19N3O2. The number of primary amides is 1. The zero-order chi connectivity index (χ0) is 17.3. The van der Waals surface area contributed by atoms with Gasteiger partial charge in [0.25, 0.3) is 5.56 Å². The van der Waals surface area contributed by atoms with Crippen LogP contribution in [0.25, 0.3) is 21.9 Å². The third-order valence-electron chi connectivity index (χ3n) is 4.15. The van der Waals surface area contributed by atoms with Crippen LogP contribution in [-0.4, -0.2) is 24.5 Å². The Kier molecular flexibility index (Phi) is 4.08. The van der Waals surface area contributed by atoms with Gasteiger partial charge in [0.2, 0.25) is 5.91 Å². The van der Waals surface area contributed by atoms with Gasteiger partial charge in [0, 0.05) is 29.9 Å². The van der Waals surface area contributed by atoms with Gasteiger partial charge in [-0.15, -0.1) is 0 Å². The lowest BCUT2D eigenvalue weighted by Gasteiger charge is -2.18. The van der Waals surface area contributed by atoms with Gasteiger partial charge < -0.3 is 15.6 Å². The molecule has 3 rings (SSSR count). The summed E-state index contributed by atoms with van der Waals surface area (Å²) in [5, 5.41) is 1.47. The summed E-state index contributed by atoms with van der Waals surface area (Å²) in [5.41, 5.74) is 9.06. The minimum Gasteiger partial charge on any atom is -0.368 e. The molecule has 122 valence electrons. The number of hydrogen-bond acceptors (Lipinski definition) is 3. The highest BCUT2D eigenvalue weighted by atomic mass is 16.1. The normalized spacial score (nSPS) is 10.8. The van der Waals surface area contributed by atoms with E-state index in [0.29, 0.717) is 5.39 Å². The topological polar surface area (TPSA) is 79.2 Å². The number of fused-ring (bicyclic) bond motifs is 1. The number of aromatic amines is 1. The minimum atomic E-state index is -0.417. The van der Waals surface area contributed by atoms with Gasteiger partial charge in [-0.2, -0.15) is 0 Å². The van der Waals surface area contributed by atoms with Crippen LogP contribution in [0.5, 0.6) is 0 Å². The first-order chi connectivity index (χ1) is 11.5. The van der Waals surface area contributed by atoms with Gasteiger partial charge >= 0.3 is 0 Å². The molecule has 0 bridgehead atoms. The number of carbonyl (C=O) groups is 1. The van der Waals surface area contributed by atoms with E-state index in [9.17, 15) is 9.59 Å². The fraction of sp³-hybridized carbons (Fsp3) is 0.158. The van der Waals surface area contributed by atoms with E-state index in [4.69, 9.17) is 5.73 Å². The molecule has 2 aromatic carbocycles. The van der Waals surface area contributed by atoms with E-state index in [1.165, 1.54) is 0 Å². The van der Waals surface area contributed by atoms with Crippen LogP contribution in [-0.2, 0) is 4.79 Å². The van der Waals surface area contributed by atoms with Crippen molar-refractivity contribution in [1.82, 2.24) is 4.98 Å². The van der Waals surface area contributed by atoms with E-state index in [0.717, 1.165) is 27.8 Å². The summed E-state index contributed by atoms with van der Waals surface area (Å²) in [6.45, 7) is 2.14. The smallest absolute Gasteiger partial charge is 0.255 e. The largest absolute Gasteiger partial charge is 0.368 e. The van der Waals surface area contributed by atoms with Crippen molar-refractivity contribution in [3.63, 3.8) is 0 Å². The highest BCUT2D eigenvalue weighted by Gasteiger charge is 2.11. The van der Waals surface area contributed by atoms with E-state index < -0.39 is 5.91 Å². The van der Waals surface area contributed by atoms with Crippen LogP contribution in [0.2, 0.25) is 0 Å². The van der Waals surface area contributed by atoms with Crippen LogP contribution >= 0.6 is 0 Å². The number of aromatic nitrogens is 1. The number of nitrogens with one attached hydrogen (secondary N) is 1. The molecule has 5 nitrogen and oxygen atoms in total. The van der Waals surface area contributed by atoms with Crippen LogP contribution in [0.1, 0.15) is 5.56 Å². The van der Waals surface area contributed by atoms with E-state index in [2.05, 4.69) is 4.98 Å². The summed E-state index contributed by atoms with van der Waals surface area (Å²) < 4.78 is 0. The number of nitrogens with zero attached hydrogens (tertiary/aromatic N) is 1. The van der Waals surface area contributed by atoms with Crippen molar-refractivity contribution in [2.24, 2.45) is 5.73 Å². The molecule has 0 atom stereocenters. The number of aryl methyl sites for hydroxylation is 1. The van der Waals surface area contributed by atoms with Crippen LogP contribution in [0, 0.1) is 6.92 Å². The second kappa shape index (κ2) is 6.20. The molecule has 0 aliphatic rings. The van der Waals surface area contributed by atoms with Crippen molar-refractivity contribution in [2.45, 2.75) is 6.92 Å². The quantitative estimate of drug-likeness (QED) is 0.774. The number of nitrogens with two attached hydrogens (primary N) is 1. The number of amides is 1. The highest BCUT2D eigenvalue weighted by Crippen LogP contribution is 2.30. The predicted molar refractivity (Wildman–Crippen MR) is 97.2 cm³/mol. The molecule has 0 aliphatic carbocycles. The zero-order valence-electron chi connectivity index (χ0n) is 13.7. The first kappa shape index (κ1) is 15.8. The van der Waals surface area contributed by atoms with Crippen molar-refractivity contribution >= 4 is 22.4 Å². The molecule has 0 unspecified atom stereocenters. The molecule has 0 saturated carbocycles. The molecule has 3 aromatic rings. The van der Waals surface area contributed by atoms with Gasteiger partial charge in [-0.05, 0) is 35.6 Å². The van der Waals surface area contributed by atoms with Gasteiger partial charge in [-0.1, -0.05) is 30.3 Å². The van der Waals surface area contributed by atoms with E-state index in [-0.39, 0.29) is 12.1 Å². The molecule has 0 spiro atoms. The molecule has 5 heteroatoms. The maximum atomic E-state index is 12.3. The standard InChI is InChI=1S/C19H19N3O2/c1-12-5-3-4-6-14(12)17-10-21-19(24)16-9-13(7-8-15(16)17)22(2)11-18(20)23/h3-10H,11H2,1-2H3,(H2,20,23)(H,21,24). The van der Waals surface area contributed by atoms with Crippen molar-refractivity contribution in [3.05, 3.63) is 64.6 Å². The Morgan fingerprint density at radius 2 is 1.88 bits per heavy atom. The lowest BCUT2D eigenvalue weighted by molar-refractivity contribution is -0.116. The minimum absolute atomic E-state index is 0.0981. The monoisotopic (exact) mass is 321 g/mol. The van der Waals surface area contributed by atoms with Gasteiger partial charge in [0.1, 0.15) is 0 Å². The molecule has 24 heavy (non-hydrogen) atoms. The second-order valence-electron chi connectivity index (χ2n) is 5.90. The maximum Gasteiger partial charge on any atom is 0.255 e. The average molecular weight is 321 g/mol. The number of pyridine rings is 1. The Labute approximate surface area is 139 Å². The lowest BCUT2D eigenvalue weighted by atomic mass is 9.97. The molecule has 1 heterocycles. The third-order valence-corrected chi connectivity index (χ3v) is 4.15. The summed E-state index contributed by atoms with van der Waals surface area (Å²) in [6, 6.07) is 13.7. The van der Waals surface area contributed by atoms with Gasteiger partial charge in [0.05, 0.1) is 6.54 Å². The molecule has 1 aromatic heterocycles. The van der Waals surface area contributed by atoms with Crippen molar-refractivity contribution < 1.29 is 4.79 Å². The Balaban J connectivity index is 2.18. The third kappa shape index (κ3) is 2.88. The fourth-order valence-electron chi connectivity index (χ4n) is 2.91. The number of benzene rings is 2. The molecule has 0 saturated heterocycles. The maximum absolute atomic E-state index is 12.3. The van der Waals surface area contributed by atoms with Gasteiger partial charge in [-0.25, -0.2) is 0 Å². The predicted octanol–water partition coefficient (Wildman–Crippen LogP) is 2.43. The number of carbonyl (C=O) groups excluding carboxylic acids is 1. The number of rotatable bonds is 4. The Bertz CT molecular complexity index is 976. The summed E-state index contributed by atoms with van der Waals surface area (Å²) in [7, 11) is 1.77. The fourth-order valence-corrected chi connectivity index (χ4v) is 2.91. The van der Waals surface area contributed by atoms with Gasteiger partial charge in [0.15, 0.2) is 0 Å². The lowest BCUT2D eigenvalue weighted by Crippen LogP contribution is -2.30. The highest BCUT2D eigenvalue weighted by molar-refractivity contribution is 5.98. The molecular weight excluding hydrogens is 302 g/mol. The summed E-state index contributed by atoms with van der Waals surface area (Å²) in [6.07, 6.45) is 1.75. The Morgan fingerprint density at radius 1 is 1.12 bits per heavy atom. The summed E-state index contributed by atoms with van der Waals surface area (Å²) in [5.74, 6) is -0.417. The number of H-pyrrole nitrogens is 1. The van der Waals surface area contributed by atoms with Crippen LogP contribution in [0.15, 0.2) is 53.5 Å². The number of anilines is 1. The molecule has 3 N–H and O–H groups in total. The van der Waals surface area contributed by atoms with Crippen LogP contribution in [0.3, 0.4) is 0 Å². The molecule has 0 fully saturated rings. The molecule has 1 amide bonds. The SMILES string of the molecule is Cc1ccccc1-c1c[nH]c(=O)c2cc(N(C)CC(N)=O)ccc12. The van der Waals surface area contributed by atoms with Crippen LogP contribution < -0.4 is 16.2 Å². The van der Waals surface area contributed by atoms with E-state index in [1.807, 2.05) is 43.3 Å². The Morgan fingerprint density at radius 3 is 2.58 bits per heavy atom. The van der Waals surface area contributed by atoms with E-state index >= 15 is 0 Å². The zero-order valence-corrected chi connectivity index (χ0v) is 13.7. The van der Waals surface area contributed by atoms with Gasteiger partial charge in [-0.3, -0.25) is 9.59 Å². The first-order valence-corrected chi connectivity index (χ1v) is 7.68. The average Bonchev–Trinajstić information content (AvgIpc) is 2.55. The van der Waals surface area contributed by atoms with E-state index in [1.54, 1.807) is 24.2 Å². The first-order valence-electron chi connectivity index (χ1n) is 7.68. The molecule has 0 radical (unpaired) electrons.